The summed E-state index contributed by atoms with van der Waals surface area (Å²) in [6.07, 6.45) is 0.134. The molecule has 0 heterocycles. The van der Waals surface area contributed by atoms with E-state index in [-0.39, 0.29) is 17.2 Å². The third kappa shape index (κ3) is 4.15. The lowest BCUT2D eigenvalue weighted by molar-refractivity contribution is -0.111. The lowest BCUT2D eigenvalue weighted by Gasteiger charge is -2.08. The van der Waals surface area contributed by atoms with Gasteiger partial charge in [-0.15, -0.1) is 0 Å². The van der Waals surface area contributed by atoms with Gasteiger partial charge in [-0.2, -0.15) is 0 Å². The van der Waals surface area contributed by atoms with Crippen LogP contribution in [0.25, 0.3) is 6.08 Å². The number of para-hydroxylation sites is 1. The van der Waals surface area contributed by atoms with E-state index < -0.39 is 6.43 Å². The SMILES string of the molecule is COc1ccc(C=CC(=O)Nc2ccccc2)cc1C(F)F. The molecule has 1 N–H and O–H groups in total. The molecule has 0 fully saturated rings. The molecular weight excluding hydrogens is 288 g/mol. The molecule has 0 saturated carbocycles. The summed E-state index contributed by atoms with van der Waals surface area (Å²) in [6.45, 7) is 0. The minimum absolute atomic E-state index is 0.126. The number of hydrogen-bond acceptors (Lipinski definition) is 2. The van der Waals surface area contributed by atoms with Crippen molar-refractivity contribution in [3.8, 4) is 5.75 Å². The molecule has 1 amide bonds. The van der Waals surface area contributed by atoms with E-state index in [1.54, 1.807) is 30.3 Å². The van der Waals surface area contributed by atoms with Gasteiger partial charge < -0.3 is 10.1 Å². The lowest BCUT2D eigenvalue weighted by Crippen LogP contribution is -2.07. The molecule has 2 aromatic rings. The van der Waals surface area contributed by atoms with Gasteiger partial charge in [-0.3, -0.25) is 4.79 Å². The molecule has 0 aliphatic rings. The predicted octanol–water partition coefficient (Wildman–Crippen LogP) is 4.28. The van der Waals surface area contributed by atoms with Crippen LogP contribution in [0.2, 0.25) is 0 Å². The van der Waals surface area contributed by atoms with Gasteiger partial charge in [-0.1, -0.05) is 24.3 Å². The van der Waals surface area contributed by atoms with Crippen LogP contribution in [0.15, 0.2) is 54.6 Å². The standard InChI is InChI=1S/C17H15F2NO2/c1-22-15-9-7-12(11-14(15)17(18)19)8-10-16(21)20-13-5-3-2-4-6-13/h2-11,17H,1H3,(H,20,21). The van der Waals surface area contributed by atoms with E-state index in [0.29, 0.717) is 11.3 Å². The first-order chi connectivity index (χ1) is 10.6. The van der Waals surface area contributed by atoms with Crippen molar-refractivity contribution in [2.75, 3.05) is 12.4 Å². The molecule has 22 heavy (non-hydrogen) atoms. The summed E-state index contributed by atoms with van der Waals surface area (Å²) < 4.78 is 30.7. The molecule has 0 aliphatic carbocycles. The van der Waals surface area contributed by atoms with Gasteiger partial charge >= 0.3 is 0 Å². The van der Waals surface area contributed by atoms with E-state index in [9.17, 15) is 13.6 Å². The molecule has 0 aliphatic heterocycles. The van der Waals surface area contributed by atoms with Gasteiger partial charge in [0.2, 0.25) is 5.91 Å². The van der Waals surface area contributed by atoms with Crippen LogP contribution >= 0.6 is 0 Å². The quantitative estimate of drug-likeness (QED) is 0.837. The maximum atomic E-state index is 12.9. The van der Waals surface area contributed by atoms with E-state index in [0.717, 1.165) is 0 Å². The van der Waals surface area contributed by atoms with E-state index in [2.05, 4.69) is 5.32 Å². The number of methoxy groups -OCH3 is 1. The van der Waals surface area contributed by atoms with Crippen LogP contribution in [0.1, 0.15) is 17.6 Å². The number of hydrogen-bond donors (Lipinski definition) is 1. The molecule has 114 valence electrons. The fourth-order valence-electron chi connectivity index (χ4n) is 1.90. The number of amides is 1. The second kappa shape index (κ2) is 7.36. The fraction of sp³-hybridized carbons (Fsp3) is 0.118. The van der Waals surface area contributed by atoms with Crippen molar-refractivity contribution in [3.63, 3.8) is 0 Å². The molecule has 0 atom stereocenters. The monoisotopic (exact) mass is 303 g/mol. The number of rotatable bonds is 5. The summed E-state index contributed by atoms with van der Waals surface area (Å²) in [7, 11) is 1.34. The van der Waals surface area contributed by atoms with Gasteiger partial charge in [0.1, 0.15) is 5.75 Å². The van der Waals surface area contributed by atoms with Crippen LogP contribution in [0.5, 0.6) is 5.75 Å². The third-order valence-corrected chi connectivity index (χ3v) is 2.96. The van der Waals surface area contributed by atoms with Crippen molar-refractivity contribution in [2.24, 2.45) is 0 Å². The van der Waals surface area contributed by atoms with E-state index in [4.69, 9.17) is 4.74 Å². The Labute approximate surface area is 127 Å². The first kappa shape index (κ1) is 15.7. The van der Waals surface area contributed by atoms with Gasteiger partial charge in [0.15, 0.2) is 0 Å². The lowest BCUT2D eigenvalue weighted by atomic mass is 10.1. The molecule has 5 heteroatoms. The van der Waals surface area contributed by atoms with Crippen LogP contribution in [-0.4, -0.2) is 13.0 Å². The average Bonchev–Trinajstić information content (AvgIpc) is 2.53. The van der Waals surface area contributed by atoms with Crippen molar-refractivity contribution in [1.29, 1.82) is 0 Å². The van der Waals surface area contributed by atoms with E-state index >= 15 is 0 Å². The second-order valence-corrected chi connectivity index (χ2v) is 4.49. The van der Waals surface area contributed by atoms with E-state index in [1.807, 2.05) is 6.07 Å². The highest BCUT2D eigenvalue weighted by molar-refractivity contribution is 6.01. The molecule has 0 aromatic heterocycles. The highest BCUT2D eigenvalue weighted by atomic mass is 19.3. The number of carbonyl (C=O) groups is 1. The molecule has 2 aromatic carbocycles. The molecule has 0 radical (unpaired) electrons. The van der Waals surface area contributed by atoms with Crippen molar-refractivity contribution < 1.29 is 18.3 Å². The Balaban J connectivity index is 2.09. The number of nitrogens with one attached hydrogen (secondary N) is 1. The Morgan fingerprint density at radius 2 is 1.91 bits per heavy atom. The number of benzene rings is 2. The van der Waals surface area contributed by atoms with Crippen molar-refractivity contribution in [3.05, 3.63) is 65.7 Å². The van der Waals surface area contributed by atoms with Crippen LogP contribution in [0.4, 0.5) is 14.5 Å². The highest BCUT2D eigenvalue weighted by Crippen LogP contribution is 2.30. The van der Waals surface area contributed by atoms with Crippen LogP contribution in [0, 0.1) is 0 Å². The van der Waals surface area contributed by atoms with Gasteiger partial charge in [0, 0.05) is 11.8 Å². The average molecular weight is 303 g/mol. The van der Waals surface area contributed by atoms with E-state index in [1.165, 1.54) is 31.4 Å². The normalized spacial score (nSPS) is 10.9. The Hall–Kier alpha value is -2.69. The zero-order chi connectivity index (χ0) is 15.9. The summed E-state index contributed by atoms with van der Waals surface area (Å²) >= 11 is 0. The summed E-state index contributed by atoms with van der Waals surface area (Å²) in [5.41, 5.74) is 0.965. The Bertz CT molecular complexity index is 670. The summed E-state index contributed by atoms with van der Waals surface area (Å²) in [5.74, 6) is -0.207. The zero-order valence-electron chi connectivity index (χ0n) is 11.9. The highest BCUT2D eigenvalue weighted by Gasteiger charge is 2.13. The zero-order valence-corrected chi connectivity index (χ0v) is 11.9. The number of carbonyl (C=O) groups excluding carboxylic acids is 1. The fourth-order valence-corrected chi connectivity index (χ4v) is 1.90. The van der Waals surface area contributed by atoms with Gasteiger partial charge in [-0.05, 0) is 35.9 Å². The number of anilines is 1. The van der Waals surface area contributed by atoms with Crippen LogP contribution < -0.4 is 10.1 Å². The van der Waals surface area contributed by atoms with Crippen molar-refractivity contribution in [1.82, 2.24) is 0 Å². The molecular formula is C17H15F2NO2. The predicted molar refractivity (Wildman–Crippen MR) is 82.1 cm³/mol. The Morgan fingerprint density at radius 3 is 2.55 bits per heavy atom. The molecule has 0 spiro atoms. The van der Waals surface area contributed by atoms with Crippen LogP contribution in [-0.2, 0) is 4.79 Å². The number of alkyl halides is 2. The minimum atomic E-state index is -2.64. The Kier molecular flexibility index (Phi) is 5.25. The maximum absolute atomic E-state index is 12.9. The number of halogens is 2. The van der Waals surface area contributed by atoms with Gasteiger partial charge in [0.05, 0.1) is 12.7 Å². The first-order valence-corrected chi connectivity index (χ1v) is 6.60. The van der Waals surface area contributed by atoms with Crippen molar-refractivity contribution >= 4 is 17.7 Å². The molecule has 0 saturated heterocycles. The molecule has 0 unspecified atom stereocenters. The molecule has 2 rings (SSSR count). The smallest absolute Gasteiger partial charge is 0.267 e. The topological polar surface area (TPSA) is 38.3 Å². The first-order valence-electron chi connectivity index (χ1n) is 6.60. The Morgan fingerprint density at radius 1 is 1.18 bits per heavy atom. The summed E-state index contributed by atoms with van der Waals surface area (Å²) in [5, 5.41) is 2.67. The number of ether oxygens (including phenoxy) is 1. The van der Waals surface area contributed by atoms with Crippen molar-refractivity contribution in [2.45, 2.75) is 6.43 Å². The molecule has 3 nitrogen and oxygen atoms in total. The van der Waals surface area contributed by atoms with Crippen LogP contribution in [0.3, 0.4) is 0 Å². The molecule has 0 bridgehead atoms. The third-order valence-electron chi connectivity index (χ3n) is 2.96. The second-order valence-electron chi connectivity index (χ2n) is 4.49. The maximum Gasteiger partial charge on any atom is 0.267 e. The largest absolute Gasteiger partial charge is 0.496 e. The minimum Gasteiger partial charge on any atom is -0.496 e. The van der Waals surface area contributed by atoms with Gasteiger partial charge in [0.25, 0.3) is 6.43 Å². The summed E-state index contributed by atoms with van der Waals surface area (Å²) in [6, 6.07) is 13.3. The van der Waals surface area contributed by atoms with Gasteiger partial charge in [-0.25, -0.2) is 8.78 Å². The summed E-state index contributed by atoms with van der Waals surface area (Å²) in [4.78, 5) is 11.8.